The van der Waals surface area contributed by atoms with E-state index in [4.69, 9.17) is 20.8 Å². The van der Waals surface area contributed by atoms with E-state index in [0.717, 1.165) is 5.39 Å². The van der Waals surface area contributed by atoms with Gasteiger partial charge in [-0.3, -0.25) is 9.59 Å². The van der Waals surface area contributed by atoms with E-state index < -0.39 is 11.4 Å². The molecule has 1 aliphatic rings. The number of benzene rings is 1. The Labute approximate surface area is 137 Å². The Morgan fingerprint density at radius 1 is 1.43 bits per heavy atom. The zero-order chi connectivity index (χ0) is 16.6. The first-order valence-electron chi connectivity index (χ1n) is 7.16. The molecule has 7 heteroatoms. The summed E-state index contributed by atoms with van der Waals surface area (Å²) in [5, 5.41) is 10.8. The molecule has 1 N–H and O–H groups in total. The van der Waals surface area contributed by atoms with Gasteiger partial charge in [-0.2, -0.15) is 0 Å². The van der Waals surface area contributed by atoms with Gasteiger partial charge < -0.3 is 19.2 Å². The molecule has 1 aliphatic heterocycles. The molecular weight excluding hydrogens is 322 g/mol. The van der Waals surface area contributed by atoms with E-state index in [1.165, 1.54) is 12.0 Å². The second kappa shape index (κ2) is 5.86. The number of hydrogen-bond donors (Lipinski definition) is 1. The highest BCUT2D eigenvalue weighted by Gasteiger charge is 2.47. The Morgan fingerprint density at radius 3 is 2.91 bits per heavy atom. The minimum Gasteiger partial charge on any atom is -0.481 e. The van der Waals surface area contributed by atoms with Crippen molar-refractivity contribution in [2.24, 2.45) is 5.41 Å². The second-order valence-electron chi connectivity index (χ2n) is 5.79. The van der Waals surface area contributed by atoms with Gasteiger partial charge in [-0.15, -0.1) is 0 Å². The summed E-state index contributed by atoms with van der Waals surface area (Å²) >= 11 is 5.93. The van der Waals surface area contributed by atoms with Crippen molar-refractivity contribution in [3.05, 3.63) is 35.0 Å². The van der Waals surface area contributed by atoms with Crippen LogP contribution < -0.4 is 0 Å². The van der Waals surface area contributed by atoms with E-state index in [9.17, 15) is 14.7 Å². The highest BCUT2D eigenvalue weighted by Crippen LogP contribution is 2.33. The number of carbonyl (C=O) groups excluding carboxylic acids is 1. The first-order chi connectivity index (χ1) is 10.9. The minimum absolute atomic E-state index is 0.0713. The summed E-state index contributed by atoms with van der Waals surface area (Å²) in [6, 6.07) is 6.73. The van der Waals surface area contributed by atoms with Gasteiger partial charge in [-0.1, -0.05) is 11.6 Å². The summed E-state index contributed by atoms with van der Waals surface area (Å²) in [7, 11) is 1.46. The molecule has 1 saturated heterocycles. The van der Waals surface area contributed by atoms with Crippen LogP contribution in [-0.4, -0.2) is 48.7 Å². The van der Waals surface area contributed by atoms with Crippen LogP contribution in [0.15, 0.2) is 28.7 Å². The van der Waals surface area contributed by atoms with E-state index in [1.54, 1.807) is 24.3 Å². The van der Waals surface area contributed by atoms with Gasteiger partial charge in [0.05, 0.1) is 6.61 Å². The molecule has 2 aromatic rings. The van der Waals surface area contributed by atoms with Gasteiger partial charge in [0.15, 0.2) is 5.76 Å². The molecule has 23 heavy (non-hydrogen) atoms. The molecule has 1 amide bonds. The average Bonchev–Trinajstić information content (AvgIpc) is 3.11. The Kier molecular flexibility index (Phi) is 4.04. The van der Waals surface area contributed by atoms with Crippen LogP contribution in [0.1, 0.15) is 17.0 Å². The second-order valence-corrected chi connectivity index (χ2v) is 6.22. The lowest BCUT2D eigenvalue weighted by Crippen LogP contribution is -2.40. The number of likely N-dealkylation sites (tertiary alicyclic amines) is 1. The molecule has 1 atom stereocenters. The van der Waals surface area contributed by atoms with Crippen LogP contribution in [0.5, 0.6) is 0 Å². The van der Waals surface area contributed by atoms with Crippen LogP contribution >= 0.6 is 11.6 Å². The smallest absolute Gasteiger partial charge is 0.313 e. The van der Waals surface area contributed by atoms with Crippen molar-refractivity contribution in [2.45, 2.75) is 6.42 Å². The Balaban J connectivity index is 1.84. The third-order valence-corrected chi connectivity index (χ3v) is 4.44. The summed E-state index contributed by atoms with van der Waals surface area (Å²) in [4.78, 5) is 25.6. The summed E-state index contributed by atoms with van der Waals surface area (Å²) < 4.78 is 10.6. The summed E-state index contributed by atoms with van der Waals surface area (Å²) in [5.41, 5.74) is -0.488. The third kappa shape index (κ3) is 2.80. The predicted molar refractivity (Wildman–Crippen MR) is 83.7 cm³/mol. The molecule has 0 saturated carbocycles. The average molecular weight is 338 g/mol. The first-order valence-corrected chi connectivity index (χ1v) is 7.54. The fourth-order valence-electron chi connectivity index (χ4n) is 2.95. The Hall–Kier alpha value is -2.05. The maximum Gasteiger partial charge on any atom is 0.313 e. The number of methoxy groups -OCH3 is 1. The molecule has 1 aromatic carbocycles. The quantitative estimate of drug-likeness (QED) is 0.927. The summed E-state index contributed by atoms with van der Waals surface area (Å²) in [5.74, 6) is -1.09. The third-order valence-electron chi connectivity index (χ3n) is 4.20. The van der Waals surface area contributed by atoms with Crippen molar-refractivity contribution < 1.29 is 23.8 Å². The number of carboxylic acids is 1. The number of nitrogens with zero attached hydrogens (tertiary/aromatic N) is 1. The molecule has 122 valence electrons. The topological polar surface area (TPSA) is 80.0 Å². The van der Waals surface area contributed by atoms with Gasteiger partial charge in [0.1, 0.15) is 11.0 Å². The Bertz CT molecular complexity index is 771. The van der Waals surface area contributed by atoms with Gasteiger partial charge in [0, 0.05) is 30.6 Å². The van der Waals surface area contributed by atoms with Crippen molar-refractivity contribution in [3.63, 3.8) is 0 Å². The van der Waals surface area contributed by atoms with Gasteiger partial charge >= 0.3 is 5.97 Å². The van der Waals surface area contributed by atoms with E-state index in [2.05, 4.69) is 0 Å². The van der Waals surface area contributed by atoms with Crippen LogP contribution in [0.25, 0.3) is 11.0 Å². The lowest BCUT2D eigenvalue weighted by molar-refractivity contribution is -0.151. The number of carboxylic acid groups (broad SMARTS) is 1. The molecule has 3 rings (SSSR count). The lowest BCUT2D eigenvalue weighted by atomic mass is 9.88. The van der Waals surface area contributed by atoms with Crippen molar-refractivity contribution in [2.75, 3.05) is 26.8 Å². The van der Waals surface area contributed by atoms with Crippen molar-refractivity contribution in [3.8, 4) is 0 Å². The zero-order valence-corrected chi connectivity index (χ0v) is 13.3. The SMILES string of the molecule is COCC1(C(=O)O)CCN(C(=O)c2cc3cc(Cl)ccc3o2)C1. The molecule has 6 nitrogen and oxygen atoms in total. The maximum atomic E-state index is 12.6. The number of fused-ring (bicyclic) bond motifs is 1. The monoisotopic (exact) mass is 337 g/mol. The highest BCUT2D eigenvalue weighted by atomic mass is 35.5. The number of furan rings is 1. The van der Waals surface area contributed by atoms with Crippen LogP contribution in [0.3, 0.4) is 0 Å². The van der Waals surface area contributed by atoms with E-state index in [1.807, 2.05) is 0 Å². The number of amides is 1. The van der Waals surface area contributed by atoms with Crippen molar-refractivity contribution in [1.82, 2.24) is 4.90 Å². The zero-order valence-electron chi connectivity index (χ0n) is 12.5. The van der Waals surface area contributed by atoms with E-state index in [0.29, 0.717) is 23.6 Å². The molecule has 0 radical (unpaired) electrons. The van der Waals surface area contributed by atoms with Crippen LogP contribution in [0.2, 0.25) is 5.02 Å². The molecule has 0 bridgehead atoms. The molecule has 0 spiro atoms. The van der Waals surface area contributed by atoms with Crippen molar-refractivity contribution in [1.29, 1.82) is 0 Å². The molecule has 0 aliphatic carbocycles. The van der Waals surface area contributed by atoms with Crippen LogP contribution in [-0.2, 0) is 9.53 Å². The predicted octanol–water partition coefficient (Wildman–Crippen LogP) is 2.65. The van der Waals surface area contributed by atoms with E-state index >= 15 is 0 Å². The normalized spacial score (nSPS) is 21.0. The first kappa shape index (κ1) is 15.8. The van der Waals surface area contributed by atoms with E-state index in [-0.39, 0.29) is 24.8 Å². The molecule has 2 heterocycles. The number of ether oxygens (including phenoxy) is 1. The van der Waals surface area contributed by atoms with Crippen LogP contribution in [0.4, 0.5) is 0 Å². The fraction of sp³-hybridized carbons (Fsp3) is 0.375. The molecular formula is C16H16ClNO5. The summed E-state index contributed by atoms with van der Waals surface area (Å²) in [6.07, 6.45) is 0.355. The number of halogens is 1. The van der Waals surface area contributed by atoms with Crippen molar-refractivity contribution >= 4 is 34.4 Å². The van der Waals surface area contributed by atoms with Crippen LogP contribution in [0, 0.1) is 5.41 Å². The maximum absolute atomic E-state index is 12.6. The standard InChI is InChI=1S/C16H16ClNO5/c1-22-9-16(15(20)21)4-5-18(8-16)14(19)13-7-10-6-11(17)2-3-12(10)23-13/h2-3,6-7H,4-5,8-9H2,1H3,(H,20,21). The summed E-state index contributed by atoms with van der Waals surface area (Å²) in [6.45, 7) is 0.529. The number of hydrogen-bond acceptors (Lipinski definition) is 4. The molecule has 1 fully saturated rings. The molecule has 1 aromatic heterocycles. The molecule has 1 unspecified atom stereocenters. The minimum atomic E-state index is -1.06. The van der Waals surface area contributed by atoms with Gasteiger partial charge in [-0.05, 0) is 30.7 Å². The van der Waals surface area contributed by atoms with Gasteiger partial charge in [-0.25, -0.2) is 0 Å². The fourth-order valence-corrected chi connectivity index (χ4v) is 3.13. The van der Waals surface area contributed by atoms with Gasteiger partial charge in [0.2, 0.25) is 0 Å². The lowest BCUT2D eigenvalue weighted by Gasteiger charge is -2.23. The Morgan fingerprint density at radius 2 is 2.22 bits per heavy atom. The largest absolute Gasteiger partial charge is 0.481 e. The number of rotatable bonds is 4. The number of aliphatic carboxylic acids is 1. The van der Waals surface area contributed by atoms with Gasteiger partial charge in [0.25, 0.3) is 5.91 Å². The number of carbonyl (C=O) groups is 2. The highest BCUT2D eigenvalue weighted by molar-refractivity contribution is 6.31.